The third-order valence-electron chi connectivity index (χ3n) is 12.4. The number of nitrogens with zero attached hydrogens (tertiary/aromatic N) is 1. The van der Waals surface area contributed by atoms with Gasteiger partial charge in [-0.05, 0) is 41.3 Å². The van der Waals surface area contributed by atoms with Gasteiger partial charge in [0.25, 0.3) is 11.8 Å². The molecule has 3 aliphatic rings. The highest BCUT2D eigenvalue weighted by molar-refractivity contribution is 6.76. The number of hydrogen-bond donors (Lipinski definition) is 0. The van der Waals surface area contributed by atoms with E-state index in [4.69, 9.17) is 52.1 Å². The van der Waals surface area contributed by atoms with E-state index in [9.17, 15) is 24.0 Å². The van der Waals surface area contributed by atoms with Crippen molar-refractivity contribution < 1.29 is 76.1 Å². The number of rotatable bonds is 25. The lowest BCUT2D eigenvalue weighted by molar-refractivity contribution is -0.326. The van der Waals surface area contributed by atoms with Crippen LogP contribution in [0.25, 0.3) is 0 Å². The second-order valence-electron chi connectivity index (χ2n) is 19.3. The summed E-state index contributed by atoms with van der Waals surface area (Å²) in [7, 11) is -1.53. The highest BCUT2D eigenvalue weighted by Gasteiger charge is 2.57. The van der Waals surface area contributed by atoms with Crippen LogP contribution in [0.5, 0.6) is 0 Å². The highest BCUT2D eigenvalue weighted by Crippen LogP contribution is 2.36. The molecule has 18 heteroatoms. The first-order valence-corrected chi connectivity index (χ1v) is 28.4. The summed E-state index contributed by atoms with van der Waals surface area (Å²) in [6.45, 7) is 11.2. The number of amides is 2. The van der Waals surface area contributed by atoms with Crippen LogP contribution in [-0.4, -0.2) is 137 Å². The average molecular weight is 1030 g/mol. The summed E-state index contributed by atoms with van der Waals surface area (Å²) in [4.78, 5) is 66.6. The molecule has 4 aromatic rings. The summed E-state index contributed by atoms with van der Waals surface area (Å²) in [6.07, 6.45) is -9.30. The van der Waals surface area contributed by atoms with Gasteiger partial charge in [0.2, 0.25) is 0 Å². The van der Waals surface area contributed by atoms with E-state index >= 15 is 0 Å². The van der Waals surface area contributed by atoms with Crippen LogP contribution in [0.3, 0.4) is 0 Å². The Labute approximate surface area is 427 Å². The fourth-order valence-electron chi connectivity index (χ4n) is 8.85. The molecule has 0 bridgehead atoms. The molecule has 3 aliphatic heterocycles. The Balaban J connectivity index is 1.16. The Morgan fingerprint density at radius 2 is 0.986 bits per heavy atom. The van der Waals surface area contributed by atoms with Crippen LogP contribution in [0.2, 0.25) is 25.7 Å². The van der Waals surface area contributed by atoms with Crippen LogP contribution in [0.1, 0.15) is 64.6 Å². The van der Waals surface area contributed by atoms with E-state index in [2.05, 4.69) is 19.6 Å². The van der Waals surface area contributed by atoms with E-state index < -0.39 is 106 Å². The van der Waals surface area contributed by atoms with E-state index in [0.717, 1.165) is 41.5 Å². The first-order valence-electron chi connectivity index (χ1n) is 24.7. The Morgan fingerprint density at radius 3 is 1.53 bits per heavy atom. The lowest BCUT2D eigenvalue weighted by Crippen LogP contribution is -2.67. The number of benzene rings is 4. The Bertz CT molecular complexity index is 2390. The van der Waals surface area contributed by atoms with Crippen molar-refractivity contribution in [1.82, 2.24) is 4.90 Å². The quantitative estimate of drug-likeness (QED) is 0.0215. The molecule has 2 saturated heterocycles. The Morgan fingerprint density at radius 1 is 0.507 bits per heavy atom. The molecule has 10 atom stereocenters. The van der Waals surface area contributed by atoms with Gasteiger partial charge in [0.1, 0.15) is 43.2 Å². The van der Waals surface area contributed by atoms with Crippen LogP contribution >= 0.6 is 0 Å². The summed E-state index contributed by atoms with van der Waals surface area (Å²) in [5, 5.41) is 0. The van der Waals surface area contributed by atoms with Crippen LogP contribution in [0.4, 0.5) is 0 Å². The van der Waals surface area contributed by atoms with Gasteiger partial charge in [0.15, 0.2) is 24.8 Å². The van der Waals surface area contributed by atoms with Crippen LogP contribution in [-0.2, 0) is 86.3 Å². The molecular formula is C55H67NO16Si. The average Bonchev–Trinajstić information content (AvgIpc) is 3.61. The lowest BCUT2D eigenvalue weighted by atomic mass is 9.94. The first kappa shape index (κ1) is 55.1. The predicted octanol–water partition coefficient (Wildman–Crippen LogP) is 7.06. The molecule has 4 aromatic carbocycles. The van der Waals surface area contributed by atoms with Gasteiger partial charge >= 0.3 is 17.9 Å². The van der Waals surface area contributed by atoms with Gasteiger partial charge in [-0.15, -0.1) is 0 Å². The molecule has 2 amide bonds. The van der Waals surface area contributed by atoms with E-state index in [1.807, 2.05) is 91.0 Å². The smallest absolute Gasteiger partial charge is 0.303 e. The zero-order chi connectivity index (χ0) is 51.9. The first-order chi connectivity index (χ1) is 35.2. The summed E-state index contributed by atoms with van der Waals surface area (Å²) in [5.41, 5.74) is 3.09. The normalized spacial score (nSPS) is 25.0. The molecule has 0 N–H and O–H groups in total. The van der Waals surface area contributed by atoms with Crippen molar-refractivity contribution in [3.63, 3.8) is 0 Å². The topological polar surface area (TPSA) is 190 Å². The molecule has 0 radical (unpaired) electrons. The molecule has 392 valence electrons. The molecule has 0 spiro atoms. The number of fused-ring (bicyclic) bond motifs is 1. The maximum Gasteiger partial charge on any atom is 0.303 e. The molecule has 0 saturated carbocycles. The van der Waals surface area contributed by atoms with Crippen LogP contribution in [0.15, 0.2) is 115 Å². The summed E-state index contributed by atoms with van der Waals surface area (Å²) >= 11 is 0. The van der Waals surface area contributed by atoms with E-state index in [1.165, 1.54) is 19.1 Å². The molecule has 3 heterocycles. The zero-order valence-electron chi connectivity index (χ0n) is 42.3. The van der Waals surface area contributed by atoms with Crippen LogP contribution in [0, 0.1) is 0 Å². The second kappa shape index (κ2) is 26.5. The van der Waals surface area contributed by atoms with E-state index in [0.29, 0.717) is 13.2 Å². The molecule has 17 nitrogen and oxygen atoms in total. The molecule has 0 aromatic heterocycles. The van der Waals surface area contributed by atoms with Crippen molar-refractivity contribution in [2.75, 3.05) is 33.0 Å². The number of carbonyl (C=O) groups is 5. The second-order valence-corrected chi connectivity index (χ2v) is 24.9. The molecule has 7 rings (SSSR count). The molecule has 0 aliphatic carbocycles. The Kier molecular flexibility index (Phi) is 20.0. The van der Waals surface area contributed by atoms with Gasteiger partial charge in [-0.25, -0.2) is 0 Å². The number of imide groups is 1. The minimum atomic E-state index is -1.53. The van der Waals surface area contributed by atoms with Crippen molar-refractivity contribution in [1.29, 1.82) is 0 Å². The standard InChI is InChI=1S/C55H67NO16Si/c1-36(57)66-35-45-48(69-37(2)58)49(70-38(3)59)46(56-52(60)42-25-16-17-26-43(42)53(56)61)54(71-45)64-28-18-27-63-47-44(34-62-31-39-19-10-7-11-20-39)72-55(65-29-30-73(4,5)6)51(68-33-41-23-14-9-15-24-41)50(47)67-32-40-21-12-8-13-22-40/h7-17,19-26,44-51,54-55H,18,27-35H2,1-6H3/t44-,45-,46-,47-,48-,49-,50+,51-,54-,55-/m1/s1. The minimum Gasteiger partial charge on any atom is -0.463 e. The maximum absolute atomic E-state index is 14.1. The predicted molar refractivity (Wildman–Crippen MR) is 266 cm³/mol. The summed E-state index contributed by atoms with van der Waals surface area (Å²) in [5.74, 6) is -3.65. The minimum absolute atomic E-state index is 0.0612. The maximum atomic E-state index is 14.1. The van der Waals surface area contributed by atoms with Gasteiger partial charge < -0.3 is 52.1 Å². The van der Waals surface area contributed by atoms with Gasteiger partial charge in [-0.2, -0.15) is 0 Å². The fraction of sp³-hybridized carbons (Fsp3) is 0.473. The van der Waals surface area contributed by atoms with Gasteiger partial charge in [-0.1, -0.05) is 123 Å². The number of carbonyl (C=O) groups excluding carboxylic acids is 5. The SMILES string of the molecule is CC(=O)OC[C@H]1O[C@@H](OCCCO[C@H]2[C@H](OCc3ccccc3)[C@@H](OCc3ccccc3)[C@H](OCC[Si](C)(C)C)O[C@@H]2COCc2ccccc2)[C@H](N2C(=O)c3ccccc3C2=O)[C@@H](OC(C)=O)[C@@H]1OC(C)=O. The molecule has 73 heavy (non-hydrogen) atoms. The largest absolute Gasteiger partial charge is 0.463 e. The number of esters is 3. The lowest BCUT2D eigenvalue weighted by Gasteiger charge is -2.47. The number of hydrogen-bond acceptors (Lipinski definition) is 16. The van der Waals surface area contributed by atoms with Crippen molar-refractivity contribution in [3.8, 4) is 0 Å². The third-order valence-corrected chi connectivity index (χ3v) is 14.1. The molecule has 2 fully saturated rings. The van der Waals surface area contributed by atoms with Crippen LogP contribution < -0.4 is 0 Å². The van der Waals surface area contributed by atoms with Crippen molar-refractivity contribution >= 4 is 37.8 Å². The summed E-state index contributed by atoms with van der Waals surface area (Å²) < 4.78 is 69.8. The monoisotopic (exact) mass is 1030 g/mol. The van der Waals surface area contributed by atoms with Gasteiger partial charge in [0, 0.05) is 42.1 Å². The van der Waals surface area contributed by atoms with E-state index in [-0.39, 0.29) is 50.6 Å². The molecule has 0 unspecified atom stereocenters. The fourth-order valence-corrected chi connectivity index (χ4v) is 9.58. The van der Waals surface area contributed by atoms with Gasteiger partial charge in [0.05, 0.1) is 44.2 Å². The van der Waals surface area contributed by atoms with E-state index in [1.54, 1.807) is 12.1 Å². The highest BCUT2D eigenvalue weighted by atomic mass is 28.3. The molecular weight excluding hydrogens is 959 g/mol. The van der Waals surface area contributed by atoms with Crippen molar-refractivity contribution in [3.05, 3.63) is 143 Å². The van der Waals surface area contributed by atoms with Crippen molar-refractivity contribution in [2.24, 2.45) is 0 Å². The zero-order valence-corrected chi connectivity index (χ0v) is 43.3. The van der Waals surface area contributed by atoms with Gasteiger partial charge in [-0.3, -0.25) is 28.9 Å². The van der Waals surface area contributed by atoms with Crippen molar-refractivity contribution in [2.45, 2.75) is 134 Å². The Hall–Kier alpha value is -5.67. The third kappa shape index (κ3) is 15.4. The summed E-state index contributed by atoms with van der Waals surface area (Å²) in [6, 6.07) is 35.1. The number of ether oxygens (including phenoxy) is 11.